The number of benzene rings is 2. The normalized spacial score (nSPS) is 11.5. The Bertz CT molecular complexity index is 1090. The number of rotatable bonds is 6. The van der Waals surface area contributed by atoms with Crippen molar-refractivity contribution in [3.05, 3.63) is 77.5 Å². The molecule has 2 aromatic carbocycles. The van der Waals surface area contributed by atoms with E-state index in [0.29, 0.717) is 23.9 Å². The van der Waals surface area contributed by atoms with Crippen molar-refractivity contribution in [2.75, 3.05) is 6.61 Å². The molecular weight excluding hydrogens is 362 g/mol. The fourth-order valence-corrected chi connectivity index (χ4v) is 3.29. The van der Waals surface area contributed by atoms with Gasteiger partial charge in [0.15, 0.2) is 0 Å². The van der Waals surface area contributed by atoms with Gasteiger partial charge in [0, 0.05) is 22.2 Å². The van der Waals surface area contributed by atoms with Gasteiger partial charge in [0.25, 0.3) is 0 Å². The van der Waals surface area contributed by atoms with Crippen LogP contribution in [0.1, 0.15) is 11.3 Å². The van der Waals surface area contributed by atoms with E-state index < -0.39 is 0 Å². The van der Waals surface area contributed by atoms with Crippen LogP contribution in [0.2, 0.25) is 5.02 Å². The molecule has 0 fully saturated rings. The van der Waals surface area contributed by atoms with Crippen LogP contribution >= 0.6 is 11.6 Å². The highest BCUT2D eigenvalue weighted by atomic mass is 35.5. The standard InChI is InChI=1S/C20H18ClN5O/c1-15-17(12-24-25-13-22-23-14-25)16-6-2-4-8-19(16)26(15)10-11-27-20-9-5-3-7-18(20)21/h2-9,12-14H,10-11H2,1H3/b24-12-. The lowest BCUT2D eigenvalue weighted by Gasteiger charge is -2.11. The van der Waals surface area contributed by atoms with Gasteiger partial charge in [0.05, 0.1) is 17.8 Å². The third-order valence-corrected chi connectivity index (χ3v) is 4.73. The van der Waals surface area contributed by atoms with Gasteiger partial charge in [-0.1, -0.05) is 41.9 Å². The van der Waals surface area contributed by atoms with Gasteiger partial charge in [-0.15, -0.1) is 10.2 Å². The van der Waals surface area contributed by atoms with Crippen molar-refractivity contribution in [3.8, 4) is 5.75 Å². The van der Waals surface area contributed by atoms with E-state index in [4.69, 9.17) is 16.3 Å². The summed E-state index contributed by atoms with van der Waals surface area (Å²) in [5, 5.41) is 13.7. The maximum Gasteiger partial charge on any atom is 0.141 e. The lowest BCUT2D eigenvalue weighted by Crippen LogP contribution is -2.10. The monoisotopic (exact) mass is 379 g/mol. The molecule has 0 atom stereocenters. The van der Waals surface area contributed by atoms with Crippen LogP contribution < -0.4 is 4.74 Å². The first-order valence-corrected chi connectivity index (χ1v) is 8.96. The number of hydrogen-bond acceptors (Lipinski definition) is 4. The Labute approximate surface area is 161 Å². The molecule has 0 bridgehead atoms. The molecule has 7 heteroatoms. The predicted octanol–water partition coefficient (Wildman–Crippen LogP) is 4.16. The van der Waals surface area contributed by atoms with Crippen LogP contribution in [0.5, 0.6) is 5.75 Å². The number of aromatic nitrogens is 4. The molecule has 0 saturated carbocycles. The second-order valence-electron chi connectivity index (χ2n) is 6.03. The highest BCUT2D eigenvalue weighted by molar-refractivity contribution is 6.32. The third kappa shape index (κ3) is 3.57. The Morgan fingerprint density at radius 2 is 1.81 bits per heavy atom. The largest absolute Gasteiger partial charge is 0.490 e. The number of ether oxygens (including phenoxy) is 1. The minimum atomic E-state index is 0.519. The number of halogens is 1. The first-order chi connectivity index (χ1) is 13.2. The molecule has 136 valence electrons. The van der Waals surface area contributed by atoms with Crippen LogP contribution in [-0.4, -0.2) is 32.3 Å². The fourth-order valence-electron chi connectivity index (χ4n) is 3.10. The average molecular weight is 380 g/mol. The quantitative estimate of drug-likeness (QED) is 0.473. The highest BCUT2D eigenvalue weighted by Gasteiger charge is 2.12. The van der Waals surface area contributed by atoms with E-state index in [1.807, 2.05) is 42.6 Å². The smallest absolute Gasteiger partial charge is 0.141 e. The molecule has 4 rings (SSSR count). The number of para-hydroxylation sites is 2. The lowest BCUT2D eigenvalue weighted by atomic mass is 10.1. The number of hydrogen-bond donors (Lipinski definition) is 0. The van der Waals surface area contributed by atoms with Gasteiger partial charge in [-0.25, -0.2) is 4.68 Å². The Kier molecular flexibility index (Phi) is 4.89. The van der Waals surface area contributed by atoms with Crippen LogP contribution in [0.25, 0.3) is 10.9 Å². The van der Waals surface area contributed by atoms with Crippen LogP contribution in [0.4, 0.5) is 0 Å². The molecule has 0 saturated heterocycles. The van der Waals surface area contributed by atoms with E-state index in [1.165, 1.54) is 0 Å². The van der Waals surface area contributed by atoms with Crippen LogP contribution in [-0.2, 0) is 6.54 Å². The molecule has 2 aromatic heterocycles. The maximum absolute atomic E-state index is 6.16. The first kappa shape index (κ1) is 17.3. The topological polar surface area (TPSA) is 57.2 Å². The molecule has 0 amide bonds. The SMILES string of the molecule is Cc1c(/C=N\n2cnnc2)c2ccccc2n1CCOc1ccccc1Cl. The summed E-state index contributed by atoms with van der Waals surface area (Å²) in [5.41, 5.74) is 3.33. The Morgan fingerprint density at radius 3 is 2.63 bits per heavy atom. The summed E-state index contributed by atoms with van der Waals surface area (Å²) in [5.74, 6) is 0.697. The minimum Gasteiger partial charge on any atom is -0.490 e. The minimum absolute atomic E-state index is 0.519. The molecule has 0 radical (unpaired) electrons. The molecule has 2 heterocycles. The average Bonchev–Trinajstić information content (AvgIpc) is 3.29. The highest BCUT2D eigenvalue weighted by Crippen LogP contribution is 2.26. The molecule has 4 aromatic rings. The van der Waals surface area contributed by atoms with Gasteiger partial charge < -0.3 is 9.30 Å². The summed E-state index contributed by atoms with van der Waals surface area (Å²) in [6, 6.07) is 15.8. The predicted molar refractivity (Wildman–Crippen MR) is 107 cm³/mol. The lowest BCUT2D eigenvalue weighted by molar-refractivity contribution is 0.299. The molecule has 27 heavy (non-hydrogen) atoms. The van der Waals surface area contributed by atoms with Gasteiger partial charge in [0.1, 0.15) is 25.0 Å². The van der Waals surface area contributed by atoms with Crippen LogP contribution in [0.15, 0.2) is 66.3 Å². The zero-order valence-corrected chi connectivity index (χ0v) is 15.5. The van der Waals surface area contributed by atoms with E-state index in [9.17, 15) is 0 Å². The summed E-state index contributed by atoms with van der Waals surface area (Å²) < 4.78 is 9.68. The second kappa shape index (κ2) is 7.63. The van der Waals surface area contributed by atoms with Crippen molar-refractivity contribution in [1.29, 1.82) is 0 Å². The molecular formula is C20H18ClN5O. The van der Waals surface area contributed by atoms with Gasteiger partial charge >= 0.3 is 0 Å². The third-order valence-electron chi connectivity index (χ3n) is 4.42. The van der Waals surface area contributed by atoms with Gasteiger partial charge in [-0.3, -0.25) is 0 Å². The van der Waals surface area contributed by atoms with Crippen LogP contribution in [0.3, 0.4) is 0 Å². The van der Waals surface area contributed by atoms with Crippen molar-refractivity contribution in [3.63, 3.8) is 0 Å². The zero-order chi connectivity index (χ0) is 18.6. The van der Waals surface area contributed by atoms with Crippen molar-refractivity contribution >= 4 is 28.7 Å². The van der Waals surface area contributed by atoms with E-state index in [-0.39, 0.29) is 0 Å². The summed E-state index contributed by atoms with van der Waals surface area (Å²) in [6.45, 7) is 3.31. The Balaban J connectivity index is 1.61. The summed E-state index contributed by atoms with van der Waals surface area (Å²) in [6.07, 6.45) is 4.96. The number of nitrogens with zero attached hydrogens (tertiary/aromatic N) is 5. The molecule has 0 spiro atoms. The van der Waals surface area contributed by atoms with Gasteiger partial charge in [-0.2, -0.15) is 5.10 Å². The molecule has 6 nitrogen and oxygen atoms in total. The van der Waals surface area contributed by atoms with Gasteiger partial charge in [-0.05, 0) is 25.1 Å². The van der Waals surface area contributed by atoms with Crippen LogP contribution in [0, 0.1) is 6.92 Å². The summed E-state index contributed by atoms with van der Waals surface area (Å²) in [7, 11) is 0. The van der Waals surface area contributed by atoms with E-state index in [1.54, 1.807) is 17.3 Å². The molecule has 0 N–H and O–H groups in total. The summed E-state index contributed by atoms with van der Waals surface area (Å²) >= 11 is 6.16. The van der Waals surface area contributed by atoms with Crippen molar-refractivity contribution in [2.24, 2.45) is 5.10 Å². The Morgan fingerprint density at radius 1 is 1.07 bits per heavy atom. The van der Waals surface area contributed by atoms with E-state index in [2.05, 4.69) is 38.9 Å². The number of fused-ring (bicyclic) bond motifs is 1. The summed E-state index contributed by atoms with van der Waals surface area (Å²) in [4.78, 5) is 0. The van der Waals surface area contributed by atoms with Crippen molar-refractivity contribution < 1.29 is 4.74 Å². The maximum atomic E-state index is 6.16. The fraction of sp³-hybridized carbons (Fsp3) is 0.150. The first-order valence-electron chi connectivity index (χ1n) is 8.58. The molecule has 0 unspecified atom stereocenters. The second-order valence-corrected chi connectivity index (χ2v) is 6.44. The molecule has 0 aliphatic heterocycles. The zero-order valence-electron chi connectivity index (χ0n) is 14.8. The van der Waals surface area contributed by atoms with Crippen molar-refractivity contribution in [2.45, 2.75) is 13.5 Å². The molecule has 0 aliphatic rings. The Hall–Kier alpha value is -3.12. The van der Waals surface area contributed by atoms with Crippen molar-refractivity contribution in [1.82, 2.24) is 19.4 Å². The van der Waals surface area contributed by atoms with E-state index in [0.717, 1.165) is 22.2 Å². The molecule has 0 aliphatic carbocycles. The van der Waals surface area contributed by atoms with Gasteiger partial charge in [0.2, 0.25) is 0 Å². The van der Waals surface area contributed by atoms with E-state index >= 15 is 0 Å².